The van der Waals surface area contributed by atoms with Crippen molar-refractivity contribution in [3.05, 3.63) is 92.9 Å². The molecule has 0 aliphatic rings. The third-order valence-corrected chi connectivity index (χ3v) is 5.07. The van der Waals surface area contributed by atoms with Crippen LogP contribution < -0.4 is 15.6 Å². The SMILES string of the molecule is COc1ccc(CNC(=O)c2ccc3c(=O)n(Cc4ccco4)c(=S)[nH]c3c2)cc1. The number of H-pyrrole nitrogens is 1. The average Bonchev–Trinajstić information content (AvgIpc) is 3.28. The normalized spacial score (nSPS) is 10.8. The fourth-order valence-electron chi connectivity index (χ4n) is 3.13. The van der Waals surface area contributed by atoms with E-state index in [2.05, 4.69) is 10.3 Å². The zero-order valence-electron chi connectivity index (χ0n) is 16.2. The quantitative estimate of drug-likeness (QED) is 0.464. The minimum absolute atomic E-state index is 0.237. The van der Waals surface area contributed by atoms with E-state index in [0.29, 0.717) is 28.8 Å². The van der Waals surface area contributed by atoms with Gasteiger partial charge in [0, 0.05) is 12.1 Å². The highest BCUT2D eigenvalue weighted by Gasteiger charge is 2.11. The van der Waals surface area contributed by atoms with Crippen LogP contribution in [0.1, 0.15) is 21.7 Å². The number of aromatic nitrogens is 2. The van der Waals surface area contributed by atoms with E-state index in [4.69, 9.17) is 21.4 Å². The van der Waals surface area contributed by atoms with Crippen LogP contribution in [0.4, 0.5) is 0 Å². The topological polar surface area (TPSA) is 89.3 Å². The molecule has 0 spiro atoms. The van der Waals surface area contributed by atoms with Gasteiger partial charge in [0.15, 0.2) is 4.77 Å². The van der Waals surface area contributed by atoms with Gasteiger partial charge in [-0.3, -0.25) is 14.2 Å². The largest absolute Gasteiger partial charge is 0.497 e. The van der Waals surface area contributed by atoms with Crippen molar-refractivity contribution in [2.75, 3.05) is 7.11 Å². The Balaban J connectivity index is 1.56. The summed E-state index contributed by atoms with van der Waals surface area (Å²) in [5.41, 5.74) is 1.66. The molecule has 2 heterocycles. The molecule has 30 heavy (non-hydrogen) atoms. The highest BCUT2D eigenvalue weighted by molar-refractivity contribution is 7.71. The Morgan fingerprint density at radius 2 is 2.00 bits per heavy atom. The average molecular weight is 421 g/mol. The number of hydrogen-bond donors (Lipinski definition) is 2. The summed E-state index contributed by atoms with van der Waals surface area (Å²) in [5.74, 6) is 1.14. The van der Waals surface area contributed by atoms with Gasteiger partial charge in [0.25, 0.3) is 11.5 Å². The third kappa shape index (κ3) is 4.04. The van der Waals surface area contributed by atoms with E-state index in [-0.39, 0.29) is 22.8 Å². The summed E-state index contributed by atoms with van der Waals surface area (Å²) in [5, 5.41) is 3.32. The fourth-order valence-corrected chi connectivity index (χ4v) is 3.38. The van der Waals surface area contributed by atoms with Crippen molar-refractivity contribution >= 4 is 29.0 Å². The maximum Gasteiger partial charge on any atom is 0.262 e. The lowest BCUT2D eigenvalue weighted by Crippen LogP contribution is -2.24. The number of methoxy groups -OCH3 is 1. The van der Waals surface area contributed by atoms with Crippen LogP contribution in [-0.2, 0) is 13.1 Å². The predicted octanol–water partition coefficient (Wildman–Crippen LogP) is 3.64. The summed E-state index contributed by atoms with van der Waals surface area (Å²) >= 11 is 5.34. The Hall–Kier alpha value is -3.65. The van der Waals surface area contributed by atoms with E-state index >= 15 is 0 Å². The lowest BCUT2D eigenvalue weighted by Gasteiger charge is -2.09. The number of hydrogen-bond acceptors (Lipinski definition) is 5. The monoisotopic (exact) mass is 421 g/mol. The first-order valence-corrected chi connectivity index (χ1v) is 9.66. The fraction of sp³-hybridized carbons (Fsp3) is 0.136. The van der Waals surface area contributed by atoms with Crippen LogP contribution in [0.25, 0.3) is 10.9 Å². The van der Waals surface area contributed by atoms with Gasteiger partial charge in [0.2, 0.25) is 0 Å². The number of rotatable bonds is 6. The smallest absolute Gasteiger partial charge is 0.262 e. The zero-order valence-corrected chi connectivity index (χ0v) is 17.0. The molecule has 2 aromatic heterocycles. The molecule has 8 heteroatoms. The number of carbonyl (C=O) groups is 1. The lowest BCUT2D eigenvalue weighted by molar-refractivity contribution is 0.0951. The van der Waals surface area contributed by atoms with E-state index in [1.807, 2.05) is 24.3 Å². The lowest BCUT2D eigenvalue weighted by atomic mass is 10.1. The Bertz CT molecular complexity index is 1310. The highest BCUT2D eigenvalue weighted by atomic mass is 32.1. The van der Waals surface area contributed by atoms with Crippen molar-refractivity contribution in [3.8, 4) is 5.75 Å². The highest BCUT2D eigenvalue weighted by Crippen LogP contribution is 2.14. The minimum atomic E-state index is -0.244. The number of ether oxygens (including phenoxy) is 1. The number of carbonyl (C=O) groups excluding carboxylic acids is 1. The van der Waals surface area contributed by atoms with Gasteiger partial charge in [-0.1, -0.05) is 12.1 Å². The summed E-state index contributed by atoms with van der Waals surface area (Å²) in [6, 6.07) is 15.9. The van der Waals surface area contributed by atoms with Crippen molar-refractivity contribution < 1.29 is 13.9 Å². The van der Waals surface area contributed by atoms with Gasteiger partial charge in [-0.25, -0.2) is 0 Å². The van der Waals surface area contributed by atoms with Gasteiger partial charge in [-0.05, 0) is 60.2 Å². The number of aromatic amines is 1. The van der Waals surface area contributed by atoms with Crippen LogP contribution in [0.5, 0.6) is 5.75 Å². The van der Waals surface area contributed by atoms with E-state index < -0.39 is 0 Å². The van der Waals surface area contributed by atoms with Crippen molar-refractivity contribution in [2.45, 2.75) is 13.1 Å². The Labute approximate surface area is 176 Å². The molecule has 0 radical (unpaired) electrons. The molecule has 2 aromatic carbocycles. The molecule has 0 saturated heterocycles. The number of nitrogens with zero attached hydrogens (tertiary/aromatic N) is 1. The third-order valence-electron chi connectivity index (χ3n) is 4.75. The van der Waals surface area contributed by atoms with Crippen molar-refractivity contribution in [1.82, 2.24) is 14.9 Å². The molecular weight excluding hydrogens is 402 g/mol. The van der Waals surface area contributed by atoms with Gasteiger partial charge in [-0.2, -0.15) is 0 Å². The molecule has 0 fully saturated rings. The van der Waals surface area contributed by atoms with E-state index in [1.54, 1.807) is 43.7 Å². The number of fused-ring (bicyclic) bond motifs is 1. The first kappa shape index (κ1) is 19.7. The van der Waals surface area contributed by atoms with Crippen molar-refractivity contribution in [1.29, 1.82) is 0 Å². The number of amides is 1. The van der Waals surface area contributed by atoms with Crippen LogP contribution in [0, 0.1) is 4.77 Å². The van der Waals surface area contributed by atoms with E-state index in [0.717, 1.165) is 11.3 Å². The first-order valence-electron chi connectivity index (χ1n) is 9.25. The molecule has 4 rings (SSSR count). The first-order chi connectivity index (χ1) is 14.5. The Morgan fingerprint density at radius 3 is 2.70 bits per heavy atom. The molecule has 0 aliphatic carbocycles. The molecule has 2 N–H and O–H groups in total. The van der Waals surface area contributed by atoms with Crippen LogP contribution in [-0.4, -0.2) is 22.6 Å². The summed E-state index contributed by atoms with van der Waals surface area (Å²) in [6.07, 6.45) is 1.55. The second-order valence-corrected chi connectivity index (χ2v) is 7.08. The maximum atomic E-state index is 12.8. The Morgan fingerprint density at radius 1 is 1.20 bits per heavy atom. The van der Waals surface area contributed by atoms with Gasteiger partial charge in [0.1, 0.15) is 11.5 Å². The van der Waals surface area contributed by atoms with Crippen LogP contribution >= 0.6 is 12.2 Å². The van der Waals surface area contributed by atoms with Gasteiger partial charge in [-0.15, -0.1) is 0 Å². The van der Waals surface area contributed by atoms with Gasteiger partial charge in [0.05, 0.1) is 30.8 Å². The molecule has 0 saturated carbocycles. The molecule has 0 unspecified atom stereocenters. The summed E-state index contributed by atoms with van der Waals surface area (Å²) in [4.78, 5) is 28.4. The standard InChI is InChI=1S/C22H19N3O4S/c1-28-16-7-4-14(5-8-16)12-23-20(26)15-6-9-18-19(11-15)24-22(30)25(21(18)27)13-17-3-2-10-29-17/h2-11H,12-13H2,1H3,(H,23,26)(H,24,30). The summed E-state index contributed by atoms with van der Waals surface area (Å²) in [7, 11) is 1.60. The molecule has 0 aliphatic heterocycles. The van der Waals surface area contributed by atoms with Crippen molar-refractivity contribution in [2.24, 2.45) is 0 Å². The predicted molar refractivity (Wildman–Crippen MR) is 115 cm³/mol. The maximum absolute atomic E-state index is 12.8. The number of benzene rings is 2. The molecule has 7 nitrogen and oxygen atoms in total. The van der Waals surface area contributed by atoms with Crippen LogP contribution in [0.15, 0.2) is 70.1 Å². The second kappa shape index (κ2) is 8.38. The molecule has 0 atom stereocenters. The second-order valence-electron chi connectivity index (χ2n) is 6.69. The molecular formula is C22H19N3O4S. The van der Waals surface area contributed by atoms with E-state index in [9.17, 15) is 9.59 Å². The summed E-state index contributed by atoms with van der Waals surface area (Å²) < 4.78 is 12.1. The van der Waals surface area contributed by atoms with Gasteiger partial charge >= 0.3 is 0 Å². The van der Waals surface area contributed by atoms with Crippen LogP contribution in [0.2, 0.25) is 0 Å². The zero-order chi connectivity index (χ0) is 21.1. The Kier molecular flexibility index (Phi) is 5.49. The minimum Gasteiger partial charge on any atom is -0.497 e. The molecule has 0 bridgehead atoms. The van der Waals surface area contributed by atoms with E-state index in [1.165, 1.54) is 4.57 Å². The van der Waals surface area contributed by atoms with Gasteiger partial charge < -0.3 is 19.5 Å². The number of furan rings is 1. The molecule has 1 amide bonds. The van der Waals surface area contributed by atoms with Crippen molar-refractivity contribution in [3.63, 3.8) is 0 Å². The molecule has 152 valence electrons. The summed E-state index contributed by atoms with van der Waals surface area (Å²) in [6.45, 7) is 0.614. The van der Waals surface area contributed by atoms with Crippen LogP contribution in [0.3, 0.4) is 0 Å². The number of nitrogens with one attached hydrogen (secondary N) is 2. The molecule has 4 aromatic rings.